The molecule has 2 amide bonds. The lowest BCUT2D eigenvalue weighted by atomic mass is 9.93. The summed E-state index contributed by atoms with van der Waals surface area (Å²) >= 11 is 1.46. The number of thiophene rings is 1. The molecule has 4 rings (SSSR count). The minimum absolute atomic E-state index is 0. The molecule has 3 atom stereocenters. The molecule has 0 unspecified atom stereocenters. The zero-order valence-electron chi connectivity index (χ0n) is 16.4. The van der Waals surface area contributed by atoms with Gasteiger partial charge in [0, 0.05) is 11.9 Å². The molecule has 0 radical (unpaired) electrons. The Morgan fingerprint density at radius 1 is 1.21 bits per heavy atom. The first-order valence-corrected chi connectivity index (χ1v) is 10.9. The van der Waals surface area contributed by atoms with E-state index >= 15 is 0 Å². The van der Waals surface area contributed by atoms with Crippen molar-refractivity contribution in [2.24, 2.45) is 5.92 Å². The summed E-state index contributed by atoms with van der Waals surface area (Å²) in [5.74, 6) is 0.101. The first-order valence-electron chi connectivity index (χ1n) is 9.91. The Bertz CT molecular complexity index is 707. The number of rotatable bonds is 5. The Kier molecular flexibility index (Phi) is 9.06. The molecule has 1 aromatic rings. The third-order valence-corrected chi connectivity index (χ3v) is 6.74. The Morgan fingerprint density at radius 3 is 2.66 bits per heavy atom. The standard InChI is InChI=1S/C20H26N2O4S.2H2S/c23-16-11-26-17-6-3-8-22(18(16)17)20(25)15(10-13-4-1-2-5-13)21-19(24)14-7-9-27-12-14;;/h7,9,12-13,15,17-18H,1-6,8,10-11H2,(H,21,24);2*1H2/t15-,17+,18+;;/m0../s1. The highest BCUT2D eigenvalue weighted by Crippen LogP contribution is 2.31. The molecule has 0 bridgehead atoms. The molecule has 2 aliphatic heterocycles. The zero-order valence-corrected chi connectivity index (χ0v) is 19.2. The van der Waals surface area contributed by atoms with Gasteiger partial charge in [0.15, 0.2) is 5.78 Å². The van der Waals surface area contributed by atoms with E-state index in [1.165, 1.54) is 24.2 Å². The summed E-state index contributed by atoms with van der Waals surface area (Å²) in [7, 11) is 0. The number of carbonyl (C=O) groups is 3. The summed E-state index contributed by atoms with van der Waals surface area (Å²) in [5.41, 5.74) is 0.584. The van der Waals surface area contributed by atoms with Gasteiger partial charge in [-0.3, -0.25) is 14.4 Å². The average molecular weight is 459 g/mol. The van der Waals surface area contributed by atoms with E-state index in [1.807, 2.05) is 5.38 Å². The minimum atomic E-state index is -0.576. The summed E-state index contributed by atoms with van der Waals surface area (Å²) in [5, 5.41) is 6.61. The van der Waals surface area contributed by atoms with Gasteiger partial charge in [0.25, 0.3) is 5.91 Å². The first-order chi connectivity index (χ1) is 13.1. The van der Waals surface area contributed by atoms with Gasteiger partial charge in [-0.25, -0.2) is 0 Å². The lowest BCUT2D eigenvalue weighted by Crippen LogP contribution is -2.58. The van der Waals surface area contributed by atoms with Gasteiger partial charge in [0.1, 0.15) is 18.7 Å². The Hall–Kier alpha value is -1.03. The van der Waals surface area contributed by atoms with Gasteiger partial charge < -0.3 is 15.0 Å². The number of ether oxygens (including phenoxy) is 1. The van der Waals surface area contributed by atoms with Crippen LogP contribution in [-0.2, 0) is 14.3 Å². The number of piperidine rings is 1. The van der Waals surface area contributed by atoms with E-state index in [1.54, 1.807) is 16.3 Å². The molecule has 0 spiro atoms. The van der Waals surface area contributed by atoms with Crippen LogP contribution in [-0.4, -0.2) is 53.8 Å². The maximum Gasteiger partial charge on any atom is 0.252 e. The number of ketones is 1. The third kappa shape index (κ3) is 5.37. The number of nitrogens with one attached hydrogen (secondary N) is 1. The van der Waals surface area contributed by atoms with E-state index in [0.717, 1.165) is 25.7 Å². The molecule has 3 fully saturated rings. The number of amides is 2. The van der Waals surface area contributed by atoms with Crippen molar-refractivity contribution in [2.75, 3.05) is 13.2 Å². The molecule has 1 saturated carbocycles. The molecule has 1 aromatic heterocycles. The molecule has 1 N–H and O–H groups in total. The van der Waals surface area contributed by atoms with Crippen LogP contribution in [0.2, 0.25) is 0 Å². The van der Waals surface area contributed by atoms with E-state index in [4.69, 9.17) is 4.74 Å². The van der Waals surface area contributed by atoms with E-state index < -0.39 is 12.1 Å². The first kappa shape index (κ1) is 24.2. The summed E-state index contributed by atoms with van der Waals surface area (Å²) < 4.78 is 5.57. The van der Waals surface area contributed by atoms with E-state index in [2.05, 4.69) is 5.32 Å². The van der Waals surface area contributed by atoms with Crippen molar-refractivity contribution < 1.29 is 19.1 Å². The monoisotopic (exact) mass is 458 g/mol. The van der Waals surface area contributed by atoms with Gasteiger partial charge in [-0.05, 0) is 36.6 Å². The average Bonchev–Trinajstić information content (AvgIpc) is 3.43. The van der Waals surface area contributed by atoms with Gasteiger partial charge >= 0.3 is 0 Å². The SMILES string of the molecule is O=C(N[C@@H](CC1CCCC1)C(=O)N1CCC[C@H]2OCC(=O)[C@H]21)c1ccsc1.S.S. The molecular weight excluding hydrogens is 428 g/mol. The molecule has 9 heteroatoms. The largest absolute Gasteiger partial charge is 0.368 e. The molecule has 162 valence electrons. The predicted octanol–water partition coefficient (Wildman–Crippen LogP) is 2.61. The van der Waals surface area contributed by atoms with E-state index in [9.17, 15) is 14.4 Å². The summed E-state index contributed by atoms with van der Waals surface area (Å²) in [6.07, 6.45) is 6.68. The molecule has 3 aliphatic rings. The molecule has 1 aliphatic carbocycles. The van der Waals surface area contributed by atoms with Crippen LogP contribution in [0.25, 0.3) is 0 Å². The normalized spacial score (nSPS) is 25.0. The maximum absolute atomic E-state index is 13.4. The number of Topliss-reactive ketones (excluding diaryl/α,β-unsaturated/α-hetero) is 1. The highest BCUT2D eigenvalue weighted by atomic mass is 32.1. The fourth-order valence-electron chi connectivity index (χ4n) is 4.67. The van der Waals surface area contributed by atoms with Crippen LogP contribution in [0.4, 0.5) is 0 Å². The van der Waals surface area contributed by atoms with Crippen molar-refractivity contribution in [3.05, 3.63) is 22.4 Å². The predicted molar refractivity (Wildman–Crippen MR) is 122 cm³/mol. The van der Waals surface area contributed by atoms with Gasteiger partial charge in [-0.15, -0.1) is 0 Å². The van der Waals surface area contributed by atoms with Crippen LogP contribution in [0.1, 0.15) is 55.3 Å². The van der Waals surface area contributed by atoms with Gasteiger partial charge in [-0.1, -0.05) is 25.7 Å². The lowest BCUT2D eigenvalue weighted by molar-refractivity contribution is -0.142. The van der Waals surface area contributed by atoms with E-state index in [-0.39, 0.29) is 57.3 Å². The van der Waals surface area contributed by atoms with E-state index in [0.29, 0.717) is 24.4 Å². The van der Waals surface area contributed by atoms with Crippen molar-refractivity contribution in [3.8, 4) is 0 Å². The smallest absolute Gasteiger partial charge is 0.252 e. The number of hydrogen-bond acceptors (Lipinski definition) is 5. The number of likely N-dealkylation sites (tertiary alicyclic amines) is 1. The molecule has 2 saturated heterocycles. The van der Waals surface area contributed by atoms with Gasteiger partial charge in [0.05, 0.1) is 11.7 Å². The Balaban J connectivity index is 0.00000150. The summed E-state index contributed by atoms with van der Waals surface area (Å²) in [6, 6.07) is 0.713. The van der Waals surface area contributed by atoms with Crippen LogP contribution in [0.15, 0.2) is 16.8 Å². The fourth-order valence-corrected chi connectivity index (χ4v) is 5.31. The van der Waals surface area contributed by atoms with Crippen LogP contribution >= 0.6 is 38.3 Å². The Labute approximate surface area is 189 Å². The Morgan fingerprint density at radius 2 is 1.97 bits per heavy atom. The van der Waals surface area contributed by atoms with Gasteiger partial charge in [-0.2, -0.15) is 38.3 Å². The number of hydrogen-bond donors (Lipinski definition) is 1. The highest BCUT2D eigenvalue weighted by molar-refractivity contribution is 7.59. The van der Waals surface area contributed by atoms with Crippen LogP contribution in [0.5, 0.6) is 0 Å². The molecule has 29 heavy (non-hydrogen) atoms. The van der Waals surface area contributed by atoms with Crippen LogP contribution in [0.3, 0.4) is 0 Å². The van der Waals surface area contributed by atoms with Crippen LogP contribution in [0, 0.1) is 5.92 Å². The van der Waals surface area contributed by atoms with Gasteiger partial charge in [0.2, 0.25) is 5.91 Å². The minimum Gasteiger partial charge on any atom is -0.368 e. The molecule has 3 heterocycles. The number of nitrogens with zero attached hydrogens (tertiary/aromatic N) is 1. The second-order valence-electron chi connectivity index (χ2n) is 7.86. The molecule has 6 nitrogen and oxygen atoms in total. The van der Waals surface area contributed by atoms with Crippen molar-refractivity contribution in [3.63, 3.8) is 0 Å². The van der Waals surface area contributed by atoms with Crippen LogP contribution < -0.4 is 5.32 Å². The van der Waals surface area contributed by atoms with Crippen molar-refractivity contribution in [1.82, 2.24) is 10.2 Å². The second kappa shape index (κ2) is 10.8. The lowest BCUT2D eigenvalue weighted by Gasteiger charge is -2.38. The molecular formula is C20H30N2O4S3. The summed E-state index contributed by atoms with van der Waals surface area (Å²) in [6.45, 7) is 0.651. The maximum atomic E-state index is 13.4. The topological polar surface area (TPSA) is 75.7 Å². The van der Waals surface area contributed by atoms with Crippen molar-refractivity contribution in [2.45, 2.75) is 63.1 Å². The van der Waals surface area contributed by atoms with Crippen molar-refractivity contribution in [1.29, 1.82) is 0 Å². The fraction of sp³-hybridized carbons (Fsp3) is 0.650. The zero-order chi connectivity index (χ0) is 18.8. The molecule has 0 aromatic carbocycles. The van der Waals surface area contributed by atoms with Crippen molar-refractivity contribution >= 4 is 55.9 Å². The summed E-state index contributed by atoms with van der Waals surface area (Å²) in [4.78, 5) is 40.0. The number of fused-ring (bicyclic) bond motifs is 1. The second-order valence-corrected chi connectivity index (χ2v) is 8.64. The highest BCUT2D eigenvalue weighted by Gasteiger charge is 2.46. The number of carbonyl (C=O) groups excluding carboxylic acids is 3. The quantitative estimate of drug-likeness (QED) is 0.736. The third-order valence-electron chi connectivity index (χ3n) is 6.06.